The Morgan fingerprint density at radius 3 is 2.47 bits per heavy atom. The maximum atomic E-state index is 3.41. The summed E-state index contributed by atoms with van der Waals surface area (Å²) >= 11 is 0. The van der Waals surface area contributed by atoms with Crippen molar-refractivity contribution in [3.8, 4) is 0 Å². The molecule has 106 valence electrons. The standard InChI is InChI=1S/C17H28N2/c1-13-5-6-14(2)15(11-13)12-19(4)17-9-7-16(18-3)8-10-17/h5-6,11,16-18H,7-10,12H2,1-4H3. The number of benzene rings is 1. The lowest BCUT2D eigenvalue weighted by molar-refractivity contribution is 0.169. The fraction of sp³-hybridized carbons (Fsp3) is 0.647. The summed E-state index contributed by atoms with van der Waals surface area (Å²) in [6.07, 6.45) is 5.29. The summed E-state index contributed by atoms with van der Waals surface area (Å²) in [6, 6.07) is 8.29. The first-order valence-corrected chi connectivity index (χ1v) is 7.53. The van der Waals surface area contributed by atoms with Crippen molar-refractivity contribution in [3.63, 3.8) is 0 Å². The molecule has 0 atom stereocenters. The molecule has 0 unspecified atom stereocenters. The molecule has 1 aromatic rings. The van der Waals surface area contributed by atoms with Crippen LogP contribution in [0, 0.1) is 13.8 Å². The van der Waals surface area contributed by atoms with Crippen molar-refractivity contribution in [1.29, 1.82) is 0 Å². The second-order valence-corrected chi connectivity index (χ2v) is 6.14. The Morgan fingerprint density at radius 1 is 1.16 bits per heavy atom. The van der Waals surface area contributed by atoms with Crippen LogP contribution in [-0.4, -0.2) is 31.1 Å². The highest BCUT2D eigenvalue weighted by molar-refractivity contribution is 5.30. The lowest BCUT2D eigenvalue weighted by Gasteiger charge is -2.35. The molecule has 0 aliphatic heterocycles. The maximum absolute atomic E-state index is 3.41. The summed E-state index contributed by atoms with van der Waals surface area (Å²) in [5, 5.41) is 3.41. The summed E-state index contributed by atoms with van der Waals surface area (Å²) in [6.45, 7) is 5.49. The number of nitrogens with zero attached hydrogens (tertiary/aromatic N) is 1. The Labute approximate surface area is 118 Å². The van der Waals surface area contributed by atoms with Gasteiger partial charge in [0.2, 0.25) is 0 Å². The zero-order valence-electron chi connectivity index (χ0n) is 12.9. The van der Waals surface area contributed by atoms with Gasteiger partial charge in [0.1, 0.15) is 0 Å². The van der Waals surface area contributed by atoms with Gasteiger partial charge in [-0.25, -0.2) is 0 Å². The van der Waals surface area contributed by atoms with Crippen LogP contribution in [0.25, 0.3) is 0 Å². The smallest absolute Gasteiger partial charge is 0.0236 e. The minimum absolute atomic E-state index is 0.741. The molecule has 1 aromatic carbocycles. The second-order valence-electron chi connectivity index (χ2n) is 6.14. The molecule has 0 aromatic heterocycles. The highest BCUT2D eigenvalue weighted by Gasteiger charge is 2.23. The Hall–Kier alpha value is -0.860. The van der Waals surface area contributed by atoms with Crippen molar-refractivity contribution in [3.05, 3.63) is 34.9 Å². The van der Waals surface area contributed by atoms with Crippen LogP contribution in [0.2, 0.25) is 0 Å². The van der Waals surface area contributed by atoms with E-state index in [2.05, 4.69) is 56.4 Å². The molecule has 2 heteroatoms. The molecule has 0 bridgehead atoms. The molecule has 1 fully saturated rings. The van der Waals surface area contributed by atoms with E-state index in [1.54, 1.807) is 0 Å². The summed E-state index contributed by atoms with van der Waals surface area (Å²) in [5.41, 5.74) is 4.27. The van der Waals surface area contributed by atoms with Crippen LogP contribution in [-0.2, 0) is 6.54 Å². The highest BCUT2D eigenvalue weighted by Crippen LogP contribution is 2.24. The first kappa shape index (κ1) is 14.5. The topological polar surface area (TPSA) is 15.3 Å². The summed E-state index contributed by atoms with van der Waals surface area (Å²) in [4.78, 5) is 2.55. The summed E-state index contributed by atoms with van der Waals surface area (Å²) in [7, 11) is 4.37. The molecule has 0 saturated heterocycles. The molecule has 1 aliphatic carbocycles. The lowest BCUT2D eigenvalue weighted by Crippen LogP contribution is -2.39. The second kappa shape index (κ2) is 6.53. The van der Waals surface area contributed by atoms with Crippen LogP contribution in [0.15, 0.2) is 18.2 Å². The molecule has 0 spiro atoms. The van der Waals surface area contributed by atoms with Crippen LogP contribution in [0.3, 0.4) is 0 Å². The SMILES string of the molecule is CNC1CCC(N(C)Cc2cc(C)ccc2C)CC1. The highest BCUT2D eigenvalue weighted by atomic mass is 15.1. The van der Waals surface area contributed by atoms with Crippen LogP contribution < -0.4 is 5.32 Å². The van der Waals surface area contributed by atoms with Gasteiger partial charge in [-0.2, -0.15) is 0 Å². The molecule has 1 N–H and O–H groups in total. The third-order valence-corrected chi connectivity index (χ3v) is 4.65. The van der Waals surface area contributed by atoms with Gasteiger partial charge in [0, 0.05) is 18.6 Å². The van der Waals surface area contributed by atoms with E-state index in [9.17, 15) is 0 Å². The first-order chi connectivity index (χ1) is 9.10. The normalized spacial score (nSPS) is 23.8. The summed E-state index contributed by atoms with van der Waals surface area (Å²) < 4.78 is 0. The number of aryl methyl sites for hydroxylation is 2. The third-order valence-electron chi connectivity index (χ3n) is 4.65. The Balaban J connectivity index is 1.94. The van der Waals surface area contributed by atoms with E-state index in [1.807, 2.05) is 0 Å². The third kappa shape index (κ3) is 3.80. The number of rotatable bonds is 4. The van der Waals surface area contributed by atoms with Gasteiger partial charge in [0.05, 0.1) is 0 Å². The molecule has 2 nitrogen and oxygen atoms in total. The predicted octanol–water partition coefficient (Wildman–Crippen LogP) is 3.27. The van der Waals surface area contributed by atoms with Gasteiger partial charge >= 0.3 is 0 Å². The predicted molar refractivity (Wildman–Crippen MR) is 82.5 cm³/mol. The lowest BCUT2D eigenvalue weighted by atomic mass is 9.90. The van der Waals surface area contributed by atoms with Gasteiger partial charge in [0.15, 0.2) is 0 Å². The molecule has 19 heavy (non-hydrogen) atoms. The fourth-order valence-electron chi connectivity index (χ4n) is 3.17. The van der Waals surface area contributed by atoms with E-state index in [0.717, 1.165) is 18.6 Å². The maximum Gasteiger partial charge on any atom is 0.0236 e. The van der Waals surface area contributed by atoms with E-state index in [1.165, 1.54) is 42.4 Å². The quantitative estimate of drug-likeness (QED) is 0.894. The molecule has 0 heterocycles. The van der Waals surface area contributed by atoms with Crippen LogP contribution >= 0.6 is 0 Å². The monoisotopic (exact) mass is 260 g/mol. The number of hydrogen-bond acceptors (Lipinski definition) is 2. The van der Waals surface area contributed by atoms with Gasteiger partial charge < -0.3 is 5.32 Å². The van der Waals surface area contributed by atoms with Crippen LogP contribution in [0.5, 0.6) is 0 Å². The van der Waals surface area contributed by atoms with E-state index in [0.29, 0.717) is 0 Å². The molecular weight excluding hydrogens is 232 g/mol. The molecule has 1 aliphatic rings. The molecular formula is C17H28N2. The van der Waals surface area contributed by atoms with Gasteiger partial charge in [0.25, 0.3) is 0 Å². The summed E-state index contributed by atoms with van der Waals surface area (Å²) in [5.74, 6) is 0. The van der Waals surface area contributed by atoms with Crippen molar-refractivity contribution in [2.75, 3.05) is 14.1 Å². The van der Waals surface area contributed by atoms with Crippen LogP contribution in [0.4, 0.5) is 0 Å². The number of nitrogens with one attached hydrogen (secondary N) is 1. The largest absolute Gasteiger partial charge is 0.317 e. The molecule has 0 radical (unpaired) electrons. The van der Waals surface area contributed by atoms with Crippen molar-refractivity contribution in [1.82, 2.24) is 10.2 Å². The van der Waals surface area contributed by atoms with Crippen LogP contribution in [0.1, 0.15) is 42.4 Å². The fourth-order valence-corrected chi connectivity index (χ4v) is 3.17. The minimum Gasteiger partial charge on any atom is -0.317 e. The molecule has 2 rings (SSSR count). The molecule has 1 saturated carbocycles. The first-order valence-electron chi connectivity index (χ1n) is 7.53. The number of hydrogen-bond donors (Lipinski definition) is 1. The Morgan fingerprint density at radius 2 is 1.84 bits per heavy atom. The van der Waals surface area contributed by atoms with E-state index >= 15 is 0 Å². The van der Waals surface area contributed by atoms with Gasteiger partial charge in [-0.1, -0.05) is 23.8 Å². The van der Waals surface area contributed by atoms with Crippen molar-refractivity contribution in [2.45, 2.75) is 58.2 Å². The average molecular weight is 260 g/mol. The Kier molecular flexibility index (Phi) is 5.00. The van der Waals surface area contributed by atoms with E-state index in [-0.39, 0.29) is 0 Å². The van der Waals surface area contributed by atoms with Gasteiger partial charge in [-0.3, -0.25) is 4.90 Å². The van der Waals surface area contributed by atoms with Gasteiger partial charge in [-0.05, 0) is 64.8 Å². The van der Waals surface area contributed by atoms with E-state index in [4.69, 9.17) is 0 Å². The molecule has 0 amide bonds. The zero-order chi connectivity index (χ0) is 13.8. The van der Waals surface area contributed by atoms with Gasteiger partial charge in [-0.15, -0.1) is 0 Å². The average Bonchev–Trinajstić information content (AvgIpc) is 2.43. The van der Waals surface area contributed by atoms with Crippen molar-refractivity contribution < 1.29 is 0 Å². The van der Waals surface area contributed by atoms with Crippen molar-refractivity contribution in [2.24, 2.45) is 0 Å². The zero-order valence-corrected chi connectivity index (χ0v) is 12.9. The van der Waals surface area contributed by atoms with E-state index < -0.39 is 0 Å². The van der Waals surface area contributed by atoms with Crippen molar-refractivity contribution >= 4 is 0 Å². The minimum atomic E-state index is 0.741. The Bertz CT molecular complexity index is 406.